The third-order valence-electron chi connectivity index (χ3n) is 2.49. The second-order valence-corrected chi connectivity index (χ2v) is 7.01. The highest BCUT2D eigenvalue weighted by Crippen LogP contribution is 2.21. The quantitative estimate of drug-likeness (QED) is 0.839. The molecule has 8 heteroatoms. The maximum absolute atomic E-state index is 11.9. The van der Waals surface area contributed by atoms with E-state index in [-0.39, 0.29) is 15.6 Å². The third kappa shape index (κ3) is 3.62. The number of thiophene rings is 1. The van der Waals surface area contributed by atoms with Gasteiger partial charge in [-0.2, -0.15) is 0 Å². The fourth-order valence-corrected chi connectivity index (χ4v) is 3.75. The first-order valence-corrected chi connectivity index (χ1v) is 8.01. The topological polar surface area (TPSA) is 96.4 Å². The lowest BCUT2D eigenvalue weighted by atomic mass is 10.2. The van der Waals surface area contributed by atoms with Crippen molar-refractivity contribution >= 4 is 27.3 Å². The number of aromatic nitrogens is 1. The normalized spacial score (nSPS) is 11.4. The minimum absolute atomic E-state index is 0.00101. The summed E-state index contributed by atoms with van der Waals surface area (Å²) in [5.41, 5.74) is 0.924. The average molecular weight is 312 g/mol. The molecule has 0 atom stereocenters. The second kappa shape index (κ2) is 6.12. The molecule has 2 rings (SSSR count). The molecule has 20 heavy (non-hydrogen) atoms. The fourth-order valence-electron chi connectivity index (χ4n) is 1.53. The van der Waals surface area contributed by atoms with Gasteiger partial charge >= 0.3 is 5.97 Å². The van der Waals surface area contributed by atoms with Gasteiger partial charge in [-0.25, -0.2) is 17.9 Å². The number of pyridine rings is 1. The molecule has 0 aliphatic heterocycles. The molecule has 106 valence electrons. The first-order chi connectivity index (χ1) is 9.49. The van der Waals surface area contributed by atoms with E-state index >= 15 is 0 Å². The highest BCUT2D eigenvalue weighted by molar-refractivity contribution is 7.91. The highest BCUT2D eigenvalue weighted by Gasteiger charge is 2.18. The summed E-state index contributed by atoms with van der Waals surface area (Å²) in [5.74, 6) is -1.13. The Morgan fingerprint density at radius 3 is 2.75 bits per heavy atom. The molecule has 0 spiro atoms. The van der Waals surface area contributed by atoms with Crippen molar-refractivity contribution in [1.82, 2.24) is 9.71 Å². The molecule has 0 fully saturated rings. The molecule has 2 aromatic rings. The van der Waals surface area contributed by atoms with Crippen LogP contribution in [0.3, 0.4) is 0 Å². The predicted octanol–water partition coefficient (Wildman–Crippen LogP) is 1.36. The number of sulfonamides is 1. The van der Waals surface area contributed by atoms with Crippen molar-refractivity contribution in [2.75, 3.05) is 6.54 Å². The standard InChI is InChI=1S/C12H12N2O4S2/c15-12(16)10-3-4-11(19-10)20(17,18)14-7-5-9-2-1-6-13-8-9/h1-4,6,8,14H,5,7H2,(H,15,16). The van der Waals surface area contributed by atoms with Crippen LogP contribution in [-0.4, -0.2) is 31.0 Å². The van der Waals surface area contributed by atoms with Crippen LogP contribution in [0, 0.1) is 0 Å². The maximum atomic E-state index is 11.9. The number of aromatic carboxylic acids is 1. The van der Waals surface area contributed by atoms with E-state index in [2.05, 4.69) is 9.71 Å². The average Bonchev–Trinajstić information content (AvgIpc) is 2.90. The van der Waals surface area contributed by atoms with Crippen LogP contribution in [0.4, 0.5) is 0 Å². The van der Waals surface area contributed by atoms with Crippen molar-refractivity contribution in [3.8, 4) is 0 Å². The summed E-state index contributed by atoms with van der Waals surface area (Å²) < 4.78 is 26.3. The van der Waals surface area contributed by atoms with Crippen LogP contribution in [0.5, 0.6) is 0 Å². The van der Waals surface area contributed by atoms with Gasteiger partial charge in [-0.3, -0.25) is 4.98 Å². The van der Waals surface area contributed by atoms with E-state index < -0.39 is 16.0 Å². The van der Waals surface area contributed by atoms with Crippen LogP contribution in [-0.2, 0) is 16.4 Å². The zero-order valence-corrected chi connectivity index (χ0v) is 11.9. The number of carbonyl (C=O) groups is 1. The van der Waals surface area contributed by atoms with E-state index in [9.17, 15) is 13.2 Å². The van der Waals surface area contributed by atoms with E-state index in [0.717, 1.165) is 16.9 Å². The summed E-state index contributed by atoms with van der Waals surface area (Å²) in [7, 11) is -3.66. The Morgan fingerprint density at radius 2 is 2.15 bits per heavy atom. The molecule has 0 unspecified atom stereocenters. The molecule has 6 nitrogen and oxygen atoms in total. The van der Waals surface area contributed by atoms with Crippen LogP contribution in [0.15, 0.2) is 40.9 Å². The van der Waals surface area contributed by atoms with Crippen molar-refractivity contribution in [1.29, 1.82) is 0 Å². The lowest BCUT2D eigenvalue weighted by Crippen LogP contribution is -2.25. The van der Waals surface area contributed by atoms with Crippen molar-refractivity contribution < 1.29 is 18.3 Å². The lowest BCUT2D eigenvalue weighted by Gasteiger charge is -2.04. The monoisotopic (exact) mass is 312 g/mol. The molecule has 0 amide bonds. The van der Waals surface area contributed by atoms with E-state index in [1.165, 1.54) is 12.1 Å². The molecule has 0 bridgehead atoms. The molecule has 2 N–H and O–H groups in total. The van der Waals surface area contributed by atoms with Crippen LogP contribution < -0.4 is 4.72 Å². The number of hydrogen-bond donors (Lipinski definition) is 2. The molecule has 2 aromatic heterocycles. The van der Waals surface area contributed by atoms with Gasteiger partial charge in [0.1, 0.15) is 9.09 Å². The molecule has 0 aliphatic rings. The Balaban J connectivity index is 1.98. The molecule has 0 aromatic carbocycles. The number of rotatable bonds is 6. The molecule has 0 aliphatic carbocycles. The first kappa shape index (κ1) is 14.6. The van der Waals surface area contributed by atoms with E-state index in [1.54, 1.807) is 18.5 Å². The van der Waals surface area contributed by atoms with Crippen LogP contribution in [0.25, 0.3) is 0 Å². The van der Waals surface area contributed by atoms with Gasteiger partial charge in [0.05, 0.1) is 0 Å². The second-order valence-electron chi connectivity index (χ2n) is 3.93. The van der Waals surface area contributed by atoms with Gasteiger partial charge in [0, 0.05) is 18.9 Å². The number of carboxylic acid groups (broad SMARTS) is 1. The van der Waals surface area contributed by atoms with Crippen molar-refractivity contribution in [3.63, 3.8) is 0 Å². The van der Waals surface area contributed by atoms with Gasteiger partial charge in [-0.05, 0) is 30.2 Å². The molecule has 0 saturated heterocycles. The summed E-state index contributed by atoms with van der Waals surface area (Å²) in [4.78, 5) is 14.7. The largest absolute Gasteiger partial charge is 0.477 e. The Bertz CT molecular complexity index is 695. The first-order valence-electron chi connectivity index (χ1n) is 5.71. The minimum Gasteiger partial charge on any atom is -0.477 e. The highest BCUT2D eigenvalue weighted by atomic mass is 32.2. The fraction of sp³-hybridized carbons (Fsp3) is 0.167. The SMILES string of the molecule is O=C(O)c1ccc(S(=O)(=O)NCCc2cccnc2)s1. The lowest BCUT2D eigenvalue weighted by molar-refractivity contribution is 0.0702. The molecule has 2 heterocycles. The van der Waals surface area contributed by atoms with Crippen molar-refractivity contribution in [2.24, 2.45) is 0 Å². The predicted molar refractivity (Wildman–Crippen MR) is 74.4 cm³/mol. The summed E-state index contributed by atoms with van der Waals surface area (Å²) in [5, 5.41) is 8.78. The summed E-state index contributed by atoms with van der Waals surface area (Å²) in [6, 6.07) is 6.21. The smallest absolute Gasteiger partial charge is 0.345 e. The molecular weight excluding hydrogens is 300 g/mol. The third-order valence-corrected chi connectivity index (χ3v) is 5.51. The maximum Gasteiger partial charge on any atom is 0.345 e. The van der Waals surface area contributed by atoms with Gasteiger partial charge in [0.2, 0.25) is 10.0 Å². The van der Waals surface area contributed by atoms with E-state index in [4.69, 9.17) is 5.11 Å². The van der Waals surface area contributed by atoms with Gasteiger partial charge in [0.15, 0.2) is 0 Å². The van der Waals surface area contributed by atoms with Crippen LogP contribution in [0.1, 0.15) is 15.2 Å². The number of nitrogens with zero attached hydrogens (tertiary/aromatic N) is 1. The Hall–Kier alpha value is -1.77. The number of hydrogen-bond acceptors (Lipinski definition) is 5. The van der Waals surface area contributed by atoms with E-state index in [1.807, 2.05) is 6.07 Å². The van der Waals surface area contributed by atoms with Gasteiger partial charge < -0.3 is 5.11 Å². The van der Waals surface area contributed by atoms with Gasteiger partial charge in [-0.1, -0.05) is 6.07 Å². The van der Waals surface area contributed by atoms with Crippen LogP contribution >= 0.6 is 11.3 Å². The number of nitrogens with one attached hydrogen (secondary N) is 1. The zero-order valence-electron chi connectivity index (χ0n) is 10.3. The Morgan fingerprint density at radius 1 is 1.35 bits per heavy atom. The van der Waals surface area contributed by atoms with Gasteiger partial charge in [-0.15, -0.1) is 11.3 Å². The Kier molecular flexibility index (Phi) is 4.48. The summed E-state index contributed by atoms with van der Waals surface area (Å²) in [6.45, 7) is 0.230. The summed E-state index contributed by atoms with van der Waals surface area (Å²) in [6.07, 6.45) is 3.83. The molecule has 0 radical (unpaired) electrons. The van der Waals surface area contributed by atoms with Gasteiger partial charge in [0.25, 0.3) is 0 Å². The Labute approximate surface area is 120 Å². The van der Waals surface area contributed by atoms with Crippen LogP contribution in [0.2, 0.25) is 0 Å². The minimum atomic E-state index is -3.66. The summed E-state index contributed by atoms with van der Waals surface area (Å²) >= 11 is 0.732. The van der Waals surface area contributed by atoms with Crippen molar-refractivity contribution in [2.45, 2.75) is 10.6 Å². The van der Waals surface area contributed by atoms with Crippen molar-refractivity contribution in [3.05, 3.63) is 47.1 Å². The molecular formula is C12H12N2O4S2. The molecule has 0 saturated carbocycles. The van der Waals surface area contributed by atoms with E-state index in [0.29, 0.717) is 6.42 Å². The number of carboxylic acids is 1. The zero-order chi connectivity index (χ0) is 14.6.